The number of pyridine rings is 1. The SMILES string of the molecule is COc1cc(-c2ccc(OC(F)(F)F)cc2)cnc1[N+](=O)[O-]. The lowest BCUT2D eigenvalue weighted by Gasteiger charge is -2.09. The molecule has 0 unspecified atom stereocenters. The molecule has 9 heteroatoms. The van der Waals surface area contributed by atoms with Crippen molar-refractivity contribution < 1.29 is 27.6 Å². The summed E-state index contributed by atoms with van der Waals surface area (Å²) in [5.74, 6) is -0.848. The molecule has 116 valence electrons. The molecule has 22 heavy (non-hydrogen) atoms. The minimum atomic E-state index is -4.76. The second-order valence-electron chi connectivity index (χ2n) is 4.08. The Labute approximate surface area is 122 Å². The summed E-state index contributed by atoms with van der Waals surface area (Å²) in [5, 5.41) is 10.7. The van der Waals surface area contributed by atoms with Gasteiger partial charge in [0.25, 0.3) is 0 Å². The maximum Gasteiger partial charge on any atom is 0.573 e. The summed E-state index contributed by atoms with van der Waals surface area (Å²) in [7, 11) is 1.26. The maximum absolute atomic E-state index is 12.1. The quantitative estimate of drug-likeness (QED) is 0.637. The lowest BCUT2D eigenvalue weighted by atomic mass is 10.1. The first-order valence-corrected chi connectivity index (χ1v) is 5.85. The number of hydrogen-bond acceptors (Lipinski definition) is 5. The Morgan fingerprint density at radius 1 is 1.18 bits per heavy atom. The molecule has 0 aliphatic rings. The number of aromatic nitrogens is 1. The van der Waals surface area contributed by atoms with Crippen molar-refractivity contribution in [1.29, 1.82) is 0 Å². The molecule has 0 amide bonds. The topological polar surface area (TPSA) is 74.5 Å². The van der Waals surface area contributed by atoms with E-state index < -0.39 is 17.1 Å². The molecule has 0 bridgehead atoms. The van der Waals surface area contributed by atoms with Crippen LogP contribution in [0.1, 0.15) is 0 Å². The van der Waals surface area contributed by atoms with E-state index in [0.717, 1.165) is 12.1 Å². The Morgan fingerprint density at radius 3 is 2.32 bits per heavy atom. The molecule has 2 rings (SSSR count). The zero-order chi connectivity index (χ0) is 16.3. The summed E-state index contributed by atoms with van der Waals surface area (Å²) < 4.78 is 44.9. The van der Waals surface area contributed by atoms with E-state index in [9.17, 15) is 23.3 Å². The Bertz CT molecular complexity index is 687. The molecule has 1 heterocycles. The number of hydrogen-bond donors (Lipinski definition) is 0. The summed E-state index contributed by atoms with van der Waals surface area (Å²) in [6.07, 6.45) is -3.53. The van der Waals surface area contributed by atoms with Crippen LogP contribution < -0.4 is 9.47 Å². The molecule has 0 atom stereocenters. The maximum atomic E-state index is 12.1. The number of methoxy groups -OCH3 is 1. The number of alkyl halides is 3. The zero-order valence-electron chi connectivity index (χ0n) is 11.1. The van der Waals surface area contributed by atoms with Gasteiger partial charge in [-0.25, -0.2) is 0 Å². The smallest absolute Gasteiger partial charge is 0.489 e. The first-order valence-electron chi connectivity index (χ1n) is 5.85. The van der Waals surface area contributed by atoms with Crippen LogP contribution in [0, 0.1) is 10.1 Å². The highest BCUT2D eigenvalue weighted by atomic mass is 19.4. The number of halogens is 3. The third-order valence-electron chi connectivity index (χ3n) is 2.65. The third-order valence-corrected chi connectivity index (χ3v) is 2.65. The number of benzene rings is 1. The lowest BCUT2D eigenvalue weighted by Crippen LogP contribution is -2.16. The summed E-state index contributed by atoms with van der Waals surface area (Å²) >= 11 is 0. The van der Waals surface area contributed by atoms with E-state index in [1.54, 1.807) is 0 Å². The molecule has 0 N–H and O–H groups in total. The third kappa shape index (κ3) is 3.62. The van der Waals surface area contributed by atoms with E-state index in [1.165, 1.54) is 31.5 Å². The number of nitrogens with zero attached hydrogens (tertiary/aromatic N) is 2. The molecule has 0 fully saturated rings. The zero-order valence-corrected chi connectivity index (χ0v) is 11.1. The normalized spacial score (nSPS) is 11.1. The fourth-order valence-electron chi connectivity index (χ4n) is 1.73. The van der Waals surface area contributed by atoms with Crippen LogP contribution in [0.5, 0.6) is 11.5 Å². The predicted octanol–water partition coefficient (Wildman–Crippen LogP) is 3.56. The first-order chi connectivity index (χ1) is 10.3. The standard InChI is InChI=1S/C13H9F3N2O4/c1-21-11-6-9(7-17-12(11)18(19)20)8-2-4-10(5-3-8)22-13(14,15)16/h2-7H,1H3. The van der Waals surface area contributed by atoms with Gasteiger partial charge in [0, 0.05) is 11.6 Å². The van der Waals surface area contributed by atoms with Crippen molar-refractivity contribution in [3.05, 3.63) is 46.6 Å². The fraction of sp³-hybridized carbons (Fsp3) is 0.154. The van der Waals surface area contributed by atoms with Crippen molar-refractivity contribution in [3.8, 4) is 22.6 Å². The van der Waals surface area contributed by atoms with Gasteiger partial charge in [-0.05, 0) is 27.6 Å². The fourth-order valence-corrected chi connectivity index (χ4v) is 1.73. The van der Waals surface area contributed by atoms with Crippen molar-refractivity contribution in [1.82, 2.24) is 4.98 Å². The molecule has 0 aliphatic carbocycles. The van der Waals surface area contributed by atoms with Crippen molar-refractivity contribution in [3.63, 3.8) is 0 Å². The van der Waals surface area contributed by atoms with Crippen LogP contribution in [0.4, 0.5) is 19.0 Å². The Kier molecular flexibility index (Phi) is 4.15. The molecule has 0 saturated heterocycles. The van der Waals surface area contributed by atoms with E-state index >= 15 is 0 Å². The predicted molar refractivity (Wildman–Crippen MR) is 69.6 cm³/mol. The highest BCUT2D eigenvalue weighted by Crippen LogP contribution is 2.31. The van der Waals surface area contributed by atoms with Crippen LogP contribution in [0.2, 0.25) is 0 Å². The van der Waals surface area contributed by atoms with E-state index in [-0.39, 0.29) is 11.5 Å². The molecular formula is C13H9F3N2O4. The monoisotopic (exact) mass is 314 g/mol. The van der Waals surface area contributed by atoms with Crippen LogP contribution in [-0.4, -0.2) is 23.4 Å². The number of ether oxygens (including phenoxy) is 2. The number of nitro groups is 1. The van der Waals surface area contributed by atoms with Gasteiger partial charge in [-0.1, -0.05) is 12.1 Å². The van der Waals surface area contributed by atoms with Crippen molar-refractivity contribution in [2.24, 2.45) is 0 Å². The van der Waals surface area contributed by atoms with Crippen molar-refractivity contribution >= 4 is 5.82 Å². The molecule has 0 spiro atoms. The van der Waals surface area contributed by atoms with Crippen LogP contribution in [0.3, 0.4) is 0 Å². The lowest BCUT2D eigenvalue weighted by molar-refractivity contribution is -0.390. The van der Waals surface area contributed by atoms with Gasteiger partial charge in [-0.2, -0.15) is 0 Å². The summed E-state index contributed by atoms with van der Waals surface area (Å²) in [4.78, 5) is 13.7. The minimum Gasteiger partial charge on any atom is -0.489 e. The minimum absolute atomic E-state index is 0.0434. The highest BCUT2D eigenvalue weighted by molar-refractivity contribution is 5.66. The van der Waals surface area contributed by atoms with Crippen LogP contribution in [-0.2, 0) is 0 Å². The Balaban J connectivity index is 2.30. The second kappa shape index (κ2) is 5.88. The Morgan fingerprint density at radius 2 is 1.82 bits per heavy atom. The first kappa shape index (κ1) is 15.5. The average molecular weight is 314 g/mol. The van der Waals surface area contributed by atoms with Crippen LogP contribution >= 0.6 is 0 Å². The molecule has 0 saturated carbocycles. The van der Waals surface area contributed by atoms with Gasteiger partial charge in [0.1, 0.15) is 11.9 Å². The van der Waals surface area contributed by atoms with Crippen LogP contribution in [0.15, 0.2) is 36.5 Å². The van der Waals surface area contributed by atoms with Crippen molar-refractivity contribution in [2.75, 3.05) is 7.11 Å². The molecule has 6 nitrogen and oxygen atoms in total. The van der Waals surface area contributed by atoms with Gasteiger partial charge >= 0.3 is 12.2 Å². The largest absolute Gasteiger partial charge is 0.573 e. The van der Waals surface area contributed by atoms with E-state index in [4.69, 9.17) is 4.74 Å². The molecule has 1 aromatic heterocycles. The van der Waals surface area contributed by atoms with Gasteiger partial charge in [0.2, 0.25) is 5.75 Å². The van der Waals surface area contributed by atoms with Gasteiger partial charge in [0.15, 0.2) is 0 Å². The van der Waals surface area contributed by atoms with E-state index in [1.807, 2.05) is 0 Å². The summed E-state index contributed by atoms with van der Waals surface area (Å²) in [6, 6.07) is 6.41. The molecule has 2 aromatic rings. The van der Waals surface area contributed by atoms with E-state index in [0.29, 0.717) is 11.1 Å². The Hall–Kier alpha value is -2.84. The van der Waals surface area contributed by atoms with Gasteiger partial charge in [0.05, 0.1) is 7.11 Å². The van der Waals surface area contributed by atoms with Gasteiger partial charge in [-0.15, -0.1) is 13.2 Å². The molecule has 0 aliphatic heterocycles. The van der Waals surface area contributed by atoms with Gasteiger partial charge in [-0.3, -0.25) is 0 Å². The second-order valence-corrected chi connectivity index (χ2v) is 4.08. The summed E-state index contributed by atoms with van der Waals surface area (Å²) in [5.41, 5.74) is 0.969. The highest BCUT2D eigenvalue weighted by Gasteiger charge is 2.31. The molecular weight excluding hydrogens is 305 g/mol. The van der Waals surface area contributed by atoms with Crippen LogP contribution in [0.25, 0.3) is 11.1 Å². The van der Waals surface area contributed by atoms with Gasteiger partial charge < -0.3 is 19.6 Å². The number of rotatable bonds is 4. The van der Waals surface area contributed by atoms with Crippen molar-refractivity contribution in [2.45, 2.75) is 6.36 Å². The van der Waals surface area contributed by atoms with E-state index in [2.05, 4.69) is 9.72 Å². The summed E-state index contributed by atoms with van der Waals surface area (Å²) in [6.45, 7) is 0. The molecule has 1 aromatic carbocycles. The average Bonchev–Trinajstić information content (AvgIpc) is 2.45. The molecule has 0 radical (unpaired) electrons.